The maximum Gasteiger partial charge on any atom is 0.0944 e. The third-order valence-corrected chi connectivity index (χ3v) is 5.21. The fourth-order valence-electron chi connectivity index (χ4n) is 2.94. The van der Waals surface area contributed by atoms with E-state index < -0.39 is 0 Å². The standard InChI is InChI=1S/C17H26N2S/c1-16(2,3)14-12-20-15(19-14)11-17(13-18)9-7-5-4-6-8-10-17/h12H,4-11H2,1-3H3. The predicted octanol–water partition coefficient (Wildman–Crippen LogP) is 5.24. The van der Waals surface area contributed by atoms with Crippen molar-refractivity contribution in [2.45, 2.75) is 77.6 Å². The normalized spacial score (nSPS) is 19.9. The fraction of sp³-hybridized carbons (Fsp3) is 0.765. The van der Waals surface area contributed by atoms with Crippen LogP contribution in [0.5, 0.6) is 0 Å². The molecular weight excluding hydrogens is 264 g/mol. The molecule has 0 aromatic carbocycles. The Kier molecular flexibility index (Phi) is 4.86. The third-order valence-electron chi connectivity index (χ3n) is 4.36. The topological polar surface area (TPSA) is 36.7 Å². The molecule has 1 aromatic rings. The molecule has 1 aliphatic carbocycles. The zero-order valence-corrected chi connectivity index (χ0v) is 13.9. The molecule has 110 valence electrons. The van der Waals surface area contributed by atoms with Gasteiger partial charge in [-0.15, -0.1) is 11.3 Å². The van der Waals surface area contributed by atoms with Crippen LogP contribution in [0.3, 0.4) is 0 Å². The van der Waals surface area contributed by atoms with Gasteiger partial charge >= 0.3 is 0 Å². The van der Waals surface area contributed by atoms with Gasteiger partial charge in [-0.25, -0.2) is 4.98 Å². The molecule has 20 heavy (non-hydrogen) atoms. The quantitative estimate of drug-likeness (QED) is 0.747. The lowest BCUT2D eigenvalue weighted by Crippen LogP contribution is -2.23. The van der Waals surface area contributed by atoms with Gasteiger partial charge in [-0.1, -0.05) is 52.9 Å². The molecule has 0 atom stereocenters. The monoisotopic (exact) mass is 290 g/mol. The van der Waals surface area contributed by atoms with Gasteiger partial charge in [0.05, 0.1) is 22.2 Å². The molecule has 0 aliphatic heterocycles. The number of nitriles is 1. The van der Waals surface area contributed by atoms with E-state index in [1.165, 1.54) is 32.1 Å². The largest absolute Gasteiger partial charge is 0.246 e. The van der Waals surface area contributed by atoms with Gasteiger partial charge in [-0.2, -0.15) is 5.26 Å². The van der Waals surface area contributed by atoms with Crippen molar-refractivity contribution in [3.8, 4) is 6.07 Å². The molecule has 0 spiro atoms. The average molecular weight is 290 g/mol. The number of hydrogen-bond donors (Lipinski definition) is 0. The van der Waals surface area contributed by atoms with Crippen LogP contribution in [0.1, 0.15) is 76.4 Å². The molecule has 3 heteroatoms. The summed E-state index contributed by atoms with van der Waals surface area (Å²) in [6, 6.07) is 2.65. The van der Waals surface area contributed by atoms with Crippen LogP contribution in [-0.4, -0.2) is 4.98 Å². The van der Waals surface area contributed by atoms with Gasteiger partial charge in [0.1, 0.15) is 0 Å². The molecule has 0 bridgehead atoms. The molecule has 2 nitrogen and oxygen atoms in total. The zero-order chi connectivity index (χ0) is 14.6. The van der Waals surface area contributed by atoms with Crippen LogP contribution in [0.4, 0.5) is 0 Å². The van der Waals surface area contributed by atoms with Crippen molar-refractivity contribution in [3.63, 3.8) is 0 Å². The van der Waals surface area contributed by atoms with Crippen molar-refractivity contribution < 1.29 is 0 Å². The first-order valence-electron chi connectivity index (χ1n) is 7.81. The Morgan fingerprint density at radius 2 is 1.80 bits per heavy atom. The molecular formula is C17H26N2S. The minimum absolute atomic E-state index is 0.107. The van der Waals surface area contributed by atoms with E-state index >= 15 is 0 Å². The van der Waals surface area contributed by atoms with Gasteiger partial charge in [0.15, 0.2) is 0 Å². The van der Waals surface area contributed by atoms with E-state index in [2.05, 4.69) is 32.2 Å². The van der Waals surface area contributed by atoms with Crippen molar-refractivity contribution in [3.05, 3.63) is 16.1 Å². The lowest BCUT2D eigenvalue weighted by atomic mass is 9.75. The van der Waals surface area contributed by atoms with Gasteiger partial charge in [0.25, 0.3) is 0 Å². The Bertz CT molecular complexity index is 468. The highest BCUT2D eigenvalue weighted by atomic mass is 32.1. The molecule has 1 fully saturated rings. The van der Waals surface area contributed by atoms with E-state index in [1.807, 2.05) is 0 Å². The van der Waals surface area contributed by atoms with Gasteiger partial charge < -0.3 is 0 Å². The van der Waals surface area contributed by atoms with Crippen LogP contribution in [0.25, 0.3) is 0 Å². The minimum Gasteiger partial charge on any atom is -0.246 e. The van der Waals surface area contributed by atoms with Gasteiger partial charge in [0, 0.05) is 17.2 Å². The molecule has 2 rings (SSSR count). The Morgan fingerprint density at radius 1 is 1.20 bits per heavy atom. The summed E-state index contributed by atoms with van der Waals surface area (Å²) in [7, 11) is 0. The molecule has 1 heterocycles. The predicted molar refractivity (Wildman–Crippen MR) is 84.9 cm³/mol. The van der Waals surface area contributed by atoms with Crippen molar-refractivity contribution in [2.24, 2.45) is 5.41 Å². The number of thiazole rings is 1. The summed E-state index contributed by atoms with van der Waals surface area (Å²) in [6.07, 6.45) is 9.26. The molecule has 0 saturated heterocycles. The van der Waals surface area contributed by atoms with Crippen molar-refractivity contribution in [1.82, 2.24) is 4.98 Å². The first-order chi connectivity index (χ1) is 9.45. The second-order valence-corrected chi connectivity index (χ2v) is 8.16. The molecule has 1 aliphatic rings. The van der Waals surface area contributed by atoms with Crippen molar-refractivity contribution in [2.75, 3.05) is 0 Å². The Balaban J connectivity index is 2.12. The SMILES string of the molecule is CC(C)(C)c1csc(CC2(C#N)CCCCCCC2)n1. The Morgan fingerprint density at radius 3 is 2.30 bits per heavy atom. The summed E-state index contributed by atoms with van der Waals surface area (Å²) in [4.78, 5) is 4.79. The second kappa shape index (κ2) is 6.26. The molecule has 0 radical (unpaired) electrons. The maximum absolute atomic E-state index is 9.71. The lowest BCUT2D eigenvalue weighted by Gasteiger charge is -2.27. The summed E-state index contributed by atoms with van der Waals surface area (Å²) in [5.41, 5.74) is 1.11. The van der Waals surface area contributed by atoms with Gasteiger partial charge in [0.2, 0.25) is 0 Å². The van der Waals surface area contributed by atoms with Crippen LogP contribution in [0.2, 0.25) is 0 Å². The second-order valence-electron chi connectivity index (χ2n) is 7.21. The maximum atomic E-state index is 9.71. The summed E-state index contributed by atoms with van der Waals surface area (Å²) in [6.45, 7) is 6.59. The average Bonchev–Trinajstić information content (AvgIpc) is 2.81. The van der Waals surface area contributed by atoms with Crippen LogP contribution < -0.4 is 0 Å². The Hall–Kier alpha value is -0.880. The van der Waals surface area contributed by atoms with Gasteiger partial charge in [-0.3, -0.25) is 0 Å². The number of hydrogen-bond acceptors (Lipinski definition) is 3. The fourth-order valence-corrected chi connectivity index (χ4v) is 4.10. The van der Waals surface area contributed by atoms with E-state index in [-0.39, 0.29) is 10.8 Å². The Labute approximate surface area is 127 Å². The van der Waals surface area contributed by atoms with Crippen molar-refractivity contribution >= 4 is 11.3 Å². The molecule has 0 N–H and O–H groups in total. The molecule has 0 amide bonds. The van der Waals surface area contributed by atoms with Crippen LogP contribution in [0, 0.1) is 16.7 Å². The highest BCUT2D eigenvalue weighted by Gasteiger charge is 2.32. The van der Waals surface area contributed by atoms with E-state index in [9.17, 15) is 5.26 Å². The molecule has 1 saturated carbocycles. The summed E-state index contributed by atoms with van der Waals surface area (Å²) in [5.74, 6) is 0. The first-order valence-corrected chi connectivity index (χ1v) is 8.69. The number of nitrogens with zero attached hydrogens (tertiary/aromatic N) is 2. The van der Waals surface area contributed by atoms with E-state index in [1.54, 1.807) is 11.3 Å². The minimum atomic E-state index is -0.159. The van der Waals surface area contributed by atoms with Crippen LogP contribution in [0.15, 0.2) is 5.38 Å². The number of aromatic nitrogens is 1. The summed E-state index contributed by atoms with van der Waals surface area (Å²) >= 11 is 1.73. The summed E-state index contributed by atoms with van der Waals surface area (Å²) in [5, 5.41) is 13.0. The van der Waals surface area contributed by atoms with E-state index in [0.717, 1.165) is 30.0 Å². The van der Waals surface area contributed by atoms with Crippen molar-refractivity contribution in [1.29, 1.82) is 5.26 Å². The highest BCUT2D eigenvalue weighted by molar-refractivity contribution is 7.09. The third kappa shape index (κ3) is 3.82. The lowest BCUT2D eigenvalue weighted by molar-refractivity contribution is 0.287. The molecule has 1 aromatic heterocycles. The van der Waals surface area contributed by atoms with Crippen LogP contribution >= 0.6 is 11.3 Å². The van der Waals surface area contributed by atoms with E-state index in [0.29, 0.717) is 0 Å². The highest BCUT2D eigenvalue weighted by Crippen LogP contribution is 2.38. The van der Waals surface area contributed by atoms with E-state index in [4.69, 9.17) is 4.98 Å². The smallest absolute Gasteiger partial charge is 0.0944 e. The first kappa shape index (κ1) is 15.5. The zero-order valence-electron chi connectivity index (χ0n) is 13.0. The van der Waals surface area contributed by atoms with Crippen LogP contribution in [-0.2, 0) is 11.8 Å². The number of rotatable bonds is 2. The summed E-state index contributed by atoms with van der Waals surface area (Å²) < 4.78 is 0. The molecule has 0 unspecified atom stereocenters. The van der Waals surface area contributed by atoms with Gasteiger partial charge in [-0.05, 0) is 12.8 Å².